The molecule has 1 aromatic heterocycles. The van der Waals surface area contributed by atoms with Gasteiger partial charge in [-0.05, 0) is 18.6 Å². The summed E-state index contributed by atoms with van der Waals surface area (Å²) < 4.78 is 13.0. The van der Waals surface area contributed by atoms with Crippen molar-refractivity contribution >= 4 is 11.9 Å². The molecule has 0 radical (unpaired) electrons. The minimum absolute atomic E-state index is 0.0319. The average Bonchev–Trinajstić information content (AvgIpc) is 2.24. The molecular formula is C10H11FN2O3. The summed E-state index contributed by atoms with van der Waals surface area (Å²) in [6, 6.07) is 2.77. The number of halogens is 1. The van der Waals surface area contributed by atoms with Crippen LogP contribution in [0.5, 0.6) is 0 Å². The van der Waals surface area contributed by atoms with Gasteiger partial charge in [-0.15, -0.1) is 0 Å². The first kappa shape index (κ1) is 12.1. The van der Waals surface area contributed by atoms with E-state index in [0.29, 0.717) is 6.42 Å². The molecule has 0 bridgehead atoms. The van der Waals surface area contributed by atoms with Crippen LogP contribution in [0.15, 0.2) is 18.3 Å². The fraction of sp³-hybridized carbons (Fsp3) is 0.300. The van der Waals surface area contributed by atoms with E-state index in [1.54, 1.807) is 0 Å². The first-order valence-electron chi connectivity index (χ1n) is 4.72. The van der Waals surface area contributed by atoms with Crippen molar-refractivity contribution in [3.63, 3.8) is 0 Å². The summed E-state index contributed by atoms with van der Waals surface area (Å²) in [7, 11) is 0. The van der Waals surface area contributed by atoms with Crippen molar-refractivity contribution in [3.05, 3.63) is 29.8 Å². The number of rotatable bonds is 5. The molecule has 2 N–H and O–H groups in total. The lowest BCUT2D eigenvalue weighted by Gasteiger charge is -2.04. The first-order chi connectivity index (χ1) is 7.61. The number of amides is 1. The van der Waals surface area contributed by atoms with Gasteiger partial charge >= 0.3 is 5.97 Å². The van der Waals surface area contributed by atoms with E-state index in [1.807, 2.05) is 0 Å². The number of pyridine rings is 1. The second kappa shape index (κ2) is 5.79. The van der Waals surface area contributed by atoms with Crippen LogP contribution in [0, 0.1) is 5.95 Å². The maximum Gasteiger partial charge on any atom is 0.303 e. The Balaban J connectivity index is 2.41. The fourth-order valence-electron chi connectivity index (χ4n) is 1.09. The van der Waals surface area contributed by atoms with Crippen LogP contribution in [0.3, 0.4) is 0 Å². The van der Waals surface area contributed by atoms with Crippen LogP contribution in [-0.4, -0.2) is 28.5 Å². The lowest BCUT2D eigenvalue weighted by atomic mass is 10.2. The van der Waals surface area contributed by atoms with Gasteiger partial charge in [0.15, 0.2) is 0 Å². The molecule has 0 fully saturated rings. The van der Waals surface area contributed by atoms with Crippen molar-refractivity contribution in [2.24, 2.45) is 0 Å². The van der Waals surface area contributed by atoms with Crippen LogP contribution in [0.4, 0.5) is 4.39 Å². The van der Waals surface area contributed by atoms with Crippen molar-refractivity contribution in [3.8, 4) is 0 Å². The summed E-state index contributed by atoms with van der Waals surface area (Å²) in [5.74, 6) is -2.35. The fourth-order valence-corrected chi connectivity index (χ4v) is 1.09. The molecule has 1 rings (SSSR count). The number of hydrogen-bond donors (Lipinski definition) is 2. The number of carbonyl (C=O) groups excluding carboxylic acids is 1. The van der Waals surface area contributed by atoms with Crippen molar-refractivity contribution < 1.29 is 19.1 Å². The second-order valence-corrected chi connectivity index (χ2v) is 3.09. The van der Waals surface area contributed by atoms with Gasteiger partial charge in [0, 0.05) is 19.2 Å². The quantitative estimate of drug-likeness (QED) is 0.575. The van der Waals surface area contributed by atoms with Gasteiger partial charge in [-0.2, -0.15) is 4.39 Å². The Morgan fingerprint density at radius 3 is 2.88 bits per heavy atom. The Hall–Kier alpha value is -1.98. The third-order valence-electron chi connectivity index (χ3n) is 1.86. The SMILES string of the molecule is O=C(O)CCCNC(=O)c1cccnc1F. The molecule has 0 spiro atoms. The van der Waals surface area contributed by atoms with Crippen LogP contribution in [0.2, 0.25) is 0 Å². The molecule has 0 saturated carbocycles. The first-order valence-corrected chi connectivity index (χ1v) is 4.72. The van der Waals surface area contributed by atoms with Gasteiger partial charge in [0.25, 0.3) is 5.91 Å². The van der Waals surface area contributed by atoms with Crippen molar-refractivity contribution in [1.82, 2.24) is 10.3 Å². The normalized spacial score (nSPS) is 9.81. The summed E-state index contributed by atoms with van der Waals surface area (Å²) in [6.07, 6.45) is 1.52. The number of aromatic nitrogens is 1. The van der Waals surface area contributed by atoms with Crippen LogP contribution < -0.4 is 5.32 Å². The topological polar surface area (TPSA) is 79.3 Å². The molecule has 5 nitrogen and oxygen atoms in total. The molecule has 0 aromatic carbocycles. The number of carbonyl (C=O) groups is 2. The zero-order valence-electron chi connectivity index (χ0n) is 8.44. The maximum atomic E-state index is 13.0. The summed E-state index contributed by atoms with van der Waals surface area (Å²) in [5.41, 5.74) is -0.141. The van der Waals surface area contributed by atoms with E-state index in [0.717, 1.165) is 0 Å². The van der Waals surface area contributed by atoms with E-state index in [-0.39, 0.29) is 18.5 Å². The molecule has 0 saturated heterocycles. The molecule has 86 valence electrons. The number of hydrogen-bond acceptors (Lipinski definition) is 3. The van der Waals surface area contributed by atoms with Crippen molar-refractivity contribution in [2.75, 3.05) is 6.54 Å². The molecule has 0 atom stereocenters. The van der Waals surface area contributed by atoms with Gasteiger partial charge < -0.3 is 10.4 Å². The number of nitrogens with one attached hydrogen (secondary N) is 1. The van der Waals surface area contributed by atoms with Crippen molar-refractivity contribution in [2.45, 2.75) is 12.8 Å². The van der Waals surface area contributed by atoms with E-state index >= 15 is 0 Å². The lowest BCUT2D eigenvalue weighted by molar-refractivity contribution is -0.137. The molecule has 16 heavy (non-hydrogen) atoms. The molecule has 0 aliphatic heterocycles. The smallest absolute Gasteiger partial charge is 0.303 e. The Bertz CT molecular complexity index is 395. The zero-order valence-corrected chi connectivity index (χ0v) is 8.44. The molecule has 0 aliphatic carbocycles. The molecule has 0 aliphatic rings. The molecule has 1 aromatic rings. The second-order valence-electron chi connectivity index (χ2n) is 3.09. The predicted octanol–water partition coefficient (Wildman–Crippen LogP) is 0.815. The van der Waals surface area contributed by atoms with Gasteiger partial charge in [0.1, 0.15) is 0 Å². The summed E-state index contributed by atoms with van der Waals surface area (Å²) in [6.45, 7) is 0.194. The van der Waals surface area contributed by atoms with Gasteiger partial charge in [-0.3, -0.25) is 9.59 Å². The standard InChI is InChI=1S/C10H11FN2O3/c11-9-7(3-1-5-12-9)10(16)13-6-2-4-8(14)15/h1,3,5H,2,4,6H2,(H,13,16)(H,14,15). The Morgan fingerprint density at radius 2 is 2.25 bits per heavy atom. The summed E-state index contributed by atoms with van der Waals surface area (Å²) in [5, 5.41) is 10.8. The van der Waals surface area contributed by atoms with E-state index in [4.69, 9.17) is 5.11 Å². The Morgan fingerprint density at radius 1 is 1.50 bits per heavy atom. The van der Waals surface area contributed by atoms with E-state index in [2.05, 4.69) is 10.3 Å². The Kier molecular flexibility index (Phi) is 4.38. The molecular weight excluding hydrogens is 215 g/mol. The molecule has 1 heterocycles. The maximum absolute atomic E-state index is 13.0. The van der Waals surface area contributed by atoms with Gasteiger partial charge in [-0.1, -0.05) is 0 Å². The Labute approximate surface area is 91.3 Å². The minimum Gasteiger partial charge on any atom is -0.481 e. The third-order valence-corrected chi connectivity index (χ3v) is 1.86. The molecule has 0 unspecified atom stereocenters. The number of aliphatic carboxylic acids is 1. The van der Waals surface area contributed by atoms with Crippen LogP contribution >= 0.6 is 0 Å². The highest BCUT2D eigenvalue weighted by Gasteiger charge is 2.10. The minimum atomic E-state index is -0.929. The zero-order chi connectivity index (χ0) is 12.0. The average molecular weight is 226 g/mol. The van der Waals surface area contributed by atoms with Crippen LogP contribution in [0.25, 0.3) is 0 Å². The number of carboxylic acids is 1. The summed E-state index contributed by atoms with van der Waals surface area (Å²) in [4.78, 5) is 24.9. The van der Waals surface area contributed by atoms with Gasteiger partial charge in [0.2, 0.25) is 5.95 Å². The molecule has 6 heteroatoms. The lowest BCUT2D eigenvalue weighted by Crippen LogP contribution is -2.26. The van der Waals surface area contributed by atoms with Gasteiger partial charge in [-0.25, -0.2) is 4.98 Å². The van der Waals surface area contributed by atoms with E-state index in [1.165, 1.54) is 18.3 Å². The molecule has 1 amide bonds. The number of nitrogens with zero attached hydrogens (tertiary/aromatic N) is 1. The van der Waals surface area contributed by atoms with Crippen LogP contribution in [-0.2, 0) is 4.79 Å². The van der Waals surface area contributed by atoms with E-state index < -0.39 is 17.8 Å². The highest BCUT2D eigenvalue weighted by Crippen LogP contribution is 2.02. The monoisotopic (exact) mass is 226 g/mol. The number of carboxylic acid groups (broad SMARTS) is 1. The van der Waals surface area contributed by atoms with Crippen molar-refractivity contribution in [1.29, 1.82) is 0 Å². The largest absolute Gasteiger partial charge is 0.481 e. The highest BCUT2D eigenvalue weighted by atomic mass is 19.1. The van der Waals surface area contributed by atoms with Gasteiger partial charge in [0.05, 0.1) is 5.56 Å². The summed E-state index contributed by atoms with van der Waals surface area (Å²) >= 11 is 0. The third kappa shape index (κ3) is 3.64. The van der Waals surface area contributed by atoms with Crippen LogP contribution in [0.1, 0.15) is 23.2 Å². The predicted molar refractivity (Wildman–Crippen MR) is 53.4 cm³/mol. The van der Waals surface area contributed by atoms with E-state index in [9.17, 15) is 14.0 Å². The highest BCUT2D eigenvalue weighted by molar-refractivity contribution is 5.94.